The predicted octanol–water partition coefficient (Wildman–Crippen LogP) is 5.82. The monoisotopic (exact) mass is 415 g/mol. The van der Waals surface area contributed by atoms with E-state index in [4.69, 9.17) is 16.3 Å². The van der Waals surface area contributed by atoms with Gasteiger partial charge in [0, 0.05) is 44.5 Å². The number of carbonyl (C=O) groups excluding carboxylic acids is 2. The molecule has 0 fully saturated rings. The van der Waals surface area contributed by atoms with Gasteiger partial charge in [-0.3, -0.25) is 4.79 Å². The number of nitrogens with zero attached hydrogens (tertiary/aromatic N) is 1. The van der Waals surface area contributed by atoms with Gasteiger partial charge < -0.3 is 9.30 Å². The maximum absolute atomic E-state index is 12.5. The Morgan fingerprint density at radius 2 is 2.00 bits per heavy atom. The molecule has 28 heavy (non-hydrogen) atoms. The summed E-state index contributed by atoms with van der Waals surface area (Å²) in [6.45, 7) is 6.57. The number of esters is 1. The van der Waals surface area contributed by atoms with Gasteiger partial charge in [-0.2, -0.15) is 0 Å². The molecule has 0 spiro atoms. The molecule has 3 aromatic rings. The van der Waals surface area contributed by atoms with Crippen LogP contribution in [-0.4, -0.2) is 22.9 Å². The number of hydrogen-bond acceptors (Lipinski definition) is 4. The molecule has 0 saturated carbocycles. The Labute approximate surface area is 173 Å². The van der Waals surface area contributed by atoms with Gasteiger partial charge in [-0.05, 0) is 38.5 Å². The fourth-order valence-corrected chi connectivity index (χ4v) is 4.60. The number of halogens is 1. The van der Waals surface area contributed by atoms with E-state index in [1.54, 1.807) is 6.08 Å². The van der Waals surface area contributed by atoms with E-state index in [0.29, 0.717) is 10.6 Å². The topological polar surface area (TPSA) is 48.3 Å². The van der Waals surface area contributed by atoms with Crippen molar-refractivity contribution in [3.05, 3.63) is 63.3 Å². The Bertz CT molecular complexity index is 1060. The average molecular weight is 416 g/mol. The van der Waals surface area contributed by atoms with Crippen molar-refractivity contribution in [1.82, 2.24) is 4.57 Å². The van der Waals surface area contributed by atoms with Crippen LogP contribution >= 0.6 is 22.9 Å². The first-order chi connectivity index (χ1) is 13.4. The third kappa shape index (κ3) is 4.21. The van der Waals surface area contributed by atoms with Crippen LogP contribution in [0.4, 0.5) is 0 Å². The number of hydrogen-bond donors (Lipinski definition) is 0. The summed E-state index contributed by atoms with van der Waals surface area (Å²) in [5.41, 5.74) is 2.55. The first-order valence-corrected chi connectivity index (χ1v) is 10.3. The number of Topliss-reactive ketones (excluding diaryl/α,β-unsaturated/α-hetero) is 1. The van der Waals surface area contributed by atoms with Gasteiger partial charge in [0.2, 0.25) is 5.78 Å². The highest BCUT2D eigenvalue weighted by Crippen LogP contribution is 2.35. The molecule has 4 nitrogen and oxygen atoms in total. The SMILES string of the molecule is CCCn1c(C)cc(C(=O)COC(=O)/C=C/c2sc3ccccc3c2Cl)c1C. The molecule has 0 amide bonds. The molecule has 0 aliphatic rings. The molecule has 0 aliphatic heterocycles. The Hall–Kier alpha value is -2.37. The van der Waals surface area contributed by atoms with E-state index in [-0.39, 0.29) is 12.4 Å². The smallest absolute Gasteiger partial charge is 0.331 e. The van der Waals surface area contributed by atoms with Crippen LogP contribution in [0.3, 0.4) is 0 Å². The summed E-state index contributed by atoms with van der Waals surface area (Å²) < 4.78 is 8.30. The molecule has 0 radical (unpaired) electrons. The number of carbonyl (C=O) groups is 2. The minimum atomic E-state index is -0.566. The zero-order valence-electron chi connectivity index (χ0n) is 16.1. The first kappa shape index (κ1) is 20.4. The minimum Gasteiger partial charge on any atom is -0.454 e. The molecule has 3 rings (SSSR count). The van der Waals surface area contributed by atoms with E-state index in [2.05, 4.69) is 11.5 Å². The molecule has 0 bridgehead atoms. The number of thiophene rings is 1. The standard InChI is InChI=1S/C22H22ClNO3S/c1-4-11-24-14(2)12-17(15(24)3)18(25)13-27-21(26)10-9-20-22(23)16-7-5-6-8-19(16)28-20/h5-10,12H,4,11,13H2,1-3H3/b10-9+. The van der Waals surface area contributed by atoms with Crippen molar-refractivity contribution < 1.29 is 14.3 Å². The summed E-state index contributed by atoms with van der Waals surface area (Å²) >= 11 is 7.86. The van der Waals surface area contributed by atoms with Gasteiger partial charge in [-0.1, -0.05) is 36.7 Å². The fraction of sp³-hybridized carbons (Fsp3) is 0.273. The van der Waals surface area contributed by atoms with Gasteiger partial charge in [-0.25, -0.2) is 4.79 Å². The molecule has 2 aromatic heterocycles. The van der Waals surface area contributed by atoms with Crippen LogP contribution in [0, 0.1) is 13.8 Å². The lowest BCUT2D eigenvalue weighted by Gasteiger charge is -2.07. The molecule has 0 unspecified atom stereocenters. The van der Waals surface area contributed by atoms with Crippen LogP contribution in [0.15, 0.2) is 36.4 Å². The highest BCUT2D eigenvalue weighted by Gasteiger charge is 2.16. The molecule has 6 heteroatoms. The van der Waals surface area contributed by atoms with Crippen molar-refractivity contribution in [3.8, 4) is 0 Å². The van der Waals surface area contributed by atoms with Crippen molar-refractivity contribution in [1.29, 1.82) is 0 Å². The Kier molecular flexibility index (Phi) is 6.37. The lowest BCUT2D eigenvalue weighted by atomic mass is 10.1. The van der Waals surface area contributed by atoms with E-state index < -0.39 is 5.97 Å². The van der Waals surface area contributed by atoms with Crippen molar-refractivity contribution in [2.45, 2.75) is 33.7 Å². The summed E-state index contributed by atoms with van der Waals surface area (Å²) in [6, 6.07) is 9.65. The molecule has 0 aliphatic carbocycles. The predicted molar refractivity (Wildman–Crippen MR) is 115 cm³/mol. The Morgan fingerprint density at radius 3 is 2.71 bits per heavy atom. The van der Waals surface area contributed by atoms with Crippen molar-refractivity contribution >= 4 is 50.9 Å². The van der Waals surface area contributed by atoms with Crippen molar-refractivity contribution in [3.63, 3.8) is 0 Å². The maximum atomic E-state index is 12.5. The van der Waals surface area contributed by atoms with Crippen LogP contribution in [0.5, 0.6) is 0 Å². The minimum absolute atomic E-state index is 0.197. The second-order valence-electron chi connectivity index (χ2n) is 6.58. The van der Waals surface area contributed by atoms with Crippen LogP contribution in [0.25, 0.3) is 16.2 Å². The second-order valence-corrected chi connectivity index (χ2v) is 8.04. The summed E-state index contributed by atoms with van der Waals surface area (Å²) in [6.07, 6.45) is 3.93. The van der Waals surface area contributed by atoms with E-state index in [9.17, 15) is 9.59 Å². The van der Waals surface area contributed by atoms with Gasteiger partial charge in [0.1, 0.15) is 0 Å². The van der Waals surface area contributed by atoms with Crippen LogP contribution in [0.2, 0.25) is 5.02 Å². The number of benzene rings is 1. The van der Waals surface area contributed by atoms with E-state index in [1.165, 1.54) is 17.4 Å². The first-order valence-electron chi connectivity index (χ1n) is 9.14. The number of fused-ring (bicyclic) bond motifs is 1. The van der Waals surface area contributed by atoms with Gasteiger partial charge in [0.05, 0.1) is 5.02 Å². The molecule has 146 valence electrons. The van der Waals surface area contributed by atoms with Gasteiger partial charge in [0.15, 0.2) is 6.61 Å². The molecular weight excluding hydrogens is 394 g/mol. The Morgan fingerprint density at radius 1 is 1.25 bits per heavy atom. The number of aromatic nitrogens is 1. The third-order valence-electron chi connectivity index (χ3n) is 4.60. The number of ketones is 1. The second kappa shape index (κ2) is 8.76. The van der Waals surface area contributed by atoms with Crippen LogP contribution in [0.1, 0.15) is 40.0 Å². The fourth-order valence-electron chi connectivity index (χ4n) is 3.20. The van der Waals surface area contributed by atoms with Crippen molar-refractivity contribution in [2.24, 2.45) is 0 Å². The maximum Gasteiger partial charge on any atom is 0.331 e. The van der Waals surface area contributed by atoms with Crippen LogP contribution < -0.4 is 0 Å². The number of rotatable bonds is 7. The highest BCUT2D eigenvalue weighted by atomic mass is 35.5. The third-order valence-corrected chi connectivity index (χ3v) is 6.25. The van der Waals surface area contributed by atoms with Gasteiger partial charge in [-0.15, -0.1) is 11.3 Å². The molecule has 1 aromatic carbocycles. The summed E-state index contributed by atoms with van der Waals surface area (Å²) in [4.78, 5) is 25.3. The van der Waals surface area contributed by atoms with Gasteiger partial charge in [0.25, 0.3) is 0 Å². The largest absolute Gasteiger partial charge is 0.454 e. The number of ether oxygens (including phenoxy) is 1. The van der Waals surface area contributed by atoms with E-state index in [0.717, 1.165) is 39.3 Å². The molecule has 0 atom stereocenters. The molecule has 0 N–H and O–H groups in total. The average Bonchev–Trinajstić information content (AvgIpc) is 3.16. The normalized spacial score (nSPS) is 11.4. The molecule has 0 saturated heterocycles. The number of aryl methyl sites for hydroxylation is 1. The summed E-state index contributed by atoms with van der Waals surface area (Å²) in [5, 5.41) is 1.57. The molecular formula is C22H22ClNO3S. The lowest BCUT2D eigenvalue weighted by Crippen LogP contribution is -2.13. The summed E-state index contributed by atoms with van der Waals surface area (Å²) in [5.74, 6) is -0.763. The van der Waals surface area contributed by atoms with Crippen molar-refractivity contribution in [2.75, 3.05) is 6.61 Å². The Balaban J connectivity index is 1.64. The zero-order chi connectivity index (χ0) is 20.3. The molecule has 2 heterocycles. The quantitative estimate of drug-likeness (QED) is 0.277. The van der Waals surface area contributed by atoms with E-state index in [1.807, 2.05) is 44.2 Å². The van der Waals surface area contributed by atoms with E-state index >= 15 is 0 Å². The lowest BCUT2D eigenvalue weighted by molar-refractivity contribution is -0.136. The highest BCUT2D eigenvalue weighted by molar-refractivity contribution is 7.20. The summed E-state index contributed by atoms with van der Waals surface area (Å²) in [7, 11) is 0. The van der Waals surface area contributed by atoms with Crippen LogP contribution in [-0.2, 0) is 16.1 Å². The zero-order valence-corrected chi connectivity index (χ0v) is 17.7. The van der Waals surface area contributed by atoms with Gasteiger partial charge >= 0.3 is 5.97 Å².